The van der Waals surface area contributed by atoms with E-state index in [0.717, 1.165) is 0 Å². The zero-order valence-corrected chi connectivity index (χ0v) is 4.13. The smallest absolute Gasteiger partial charge is 0.0812 e. The predicted octanol–water partition coefficient (Wildman–Crippen LogP) is 0.525. The van der Waals surface area contributed by atoms with Gasteiger partial charge in [0.25, 0.3) is 0 Å². The van der Waals surface area contributed by atoms with Crippen LogP contribution in [0.1, 0.15) is 12.8 Å². The zero-order chi connectivity index (χ0) is 5.54. The van der Waals surface area contributed by atoms with E-state index < -0.39 is 0 Å². The van der Waals surface area contributed by atoms with Crippen LogP contribution in [0.5, 0.6) is 0 Å². The van der Waals surface area contributed by atoms with Gasteiger partial charge in [-0.1, -0.05) is 5.18 Å². The molecular weight excluding hydrogens is 94.0 g/mol. The summed E-state index contributed by atoms with van der Waals surface area (Å²) in [5, 5.41) is 10.8. The van der Waals surface area contributed by atoms with Crippen molar-refractivity contribution in [2.24, 2.45) is 5.18 Å². The Bertz CT molecular complexity index is 47.0. The van der Waals surface area contributed by atoms with Crippen molar-refractivity contribution in [2.45, 2.75) is 12.8 Å². The number of nitroso groups, excluding NO2 is 1. The van der Waals surface area contributed by atoms with Gasteiger partial charge >= 0.3 is 0 Å². The zero-order valence-electron chi connectivity index (χ0n) is 4.13. The second kappa shape index (κ2) is 5.56. The van der Waals surface area contributed by atoms with Crippen molar-refractivity contribution < 1.29 is 5.11 Å². The summed E-state index contributed by atoms with van der Waals surface area (Å²) >= 11 is 0. The second-order valence-corrected chi connectivity index (χ2v) is 1.28. The fourth-order valence-electron chi connectivity index (χ4n) is 0.288. The lowest BCUT2D eigenvalue weighted by atomic mass is 10.3. The molecule has 0 unspecified atom stereocenters. The summed E-state index contributed by atoms with van der Waals surface area (Å²) in [5.41, 5.74) is 0. The molecule has 0 aromatic rings. The highest BCUT2D eigenvalue weighted by Gasteiger charge is 1.81. The summed E-state index contributed by atoms with van der Waals surface area (Å²) in [6.45, 7) is 0.496. The SMILES string of the molecule is O=NCCCCO. The highest BCUT2D eigenvalue weighted by molar-refractivity contribution is 4.40. The highest BCUT2D eigenvalue weighted by atomic mass is 16.3. The summed E-state index contributed by atoms with van der Waals surface area (Å²) in [4.78, 5) is 9.35. The number of hydrogen-bond donors (Lipinski definition) is 1. The number of aliphatic hydroxyl groups excluding tert-OH is 1. The van der Waals surface area contributed by atoms with Gasteiger partial charge in [-0.2, -0.15) is 4.91 Å². The summed E-state index contributed by atoms with van der Waals surface area (Å²) in [6, 6.07) is 0. The topological polar surface area (TPSA) is 49.7 Å². The molecule has 0 spiro atoms. The van der Waals surface area contributed by atoms with Crippen molar-refractivity contribution in [1.29, 1.82) is 0 Å². The van der Waals surface area contributed by atoms with Gasteiger partial charge in [0.05, 0.1) is 6.54 Å². The summed E-state index contributed by atoms with van der Waals surface area (Å²) < 4.78 is 0. The third-order valence-corrected chi connectivity index (χ3v) is 0.658. The van der Waals surface area contributed by atoms with Gasteiger partial charge in [0.15, 0.2) is 0 Å². The number of rotatable bonds is 4. The van der Waals surface area contributed by atoms with Gasteiger partial charge in [-0.3, -0.25) is 0 Å². The van der Waals surface area contributed by atoms with Gasteiger partial charge in [-0.15, -0.1) is 0 Å². The fourth-order valence-corrected chi connectivity index (χ4v) is 0.288. The van der Waals surface area contributed by atoms with Crippen LogP contribution in [0.4, 0.5) is 0 Å². The van der Waals surface area contributed by atoms with Gasteiger partial charge in [0.2, 0.25) is 0 Å². The van der Waals surface area contributed by atoms with Crippen molar-refractivity contribution in [3.8, 4) is 0 Å². The van der Waals surface area contributed by atoms with Crippen LogP contribution >= 0.6 is 0 Å². The minimum absolute atomic E-state index is 0.162. The van der Waals surface area contributed by atoms with Gasteiger partial charge < -0.3 is 5.11 Å². The van der Waals surface area contributed by atoms with E-state index in [9.17, 15) is 4.91 Å². The van der Waals surface area contributed by atoms with Gasteiger partial charge in [-0.25, -0.2) is 0 Å². The van der Waals surface area contributed by atoms with E-state index in [0.29, 0.717) is 19.4 Å². The first kappa shape index (κ1) is 6.56. The van der Waals surface area contributed by atoms with Crippen molar-refractivity contribution in [3.63, 3.8) is 0 Å². The Labute approximate surface area is 42.3 Å². The van der Waals surface area contributed by atoms with Crippen LogP contribution in [0.25, 0.3) is 0 Å². The van der Waals surface area contributed by atoms with Crippen LogP contribution in [0.15, 0.2) is 5.18 Å². The molecular formula is C4H9NO2. The van der Waals surface area contributed by atoms with Crippen LogP contribution in [0.2, 0.25) is 0 Å². The second-order valence-electron chi connectivity index (χ2n) is 1.28. The standard InChI is InChI=1S/C4H9NO2/c6-4-2-1-3-5-7/h6H,1-4H2. The average molecular weight is 103 g/mol. The van der Waals surface area contributed by atoms with E-state index in [1.54, 1.807) is 0 Å². The van der Waals surface area contributed by atoms with Gasteiger partial charge in [-0.05, 0) is 12.8 Å². The van der Waals surface area contributed by atoms with Crippen molar-refractivity contribution in [3.05, 3.63) is 4.91 Å². The van der Waals surface area contributed by atoms with Crippen molar-refractivity contribution in [2.75, 3.05) is 13.2 Å². The minimum atomic E-state index is 0.162. The molecule has 7 heavy (non-hydrogen) atoms. The van der Waals surface area contributed by atoms with E-state index in [-0.39, 0.29) is 6.61 Å². The van der Waals surface area contributed by atoms with Crippen LogP contribution < -0.4 is 0 Å². The molecule has 0 heterocycles. The first-order valence-corrected chi connectivity index (χ1v) is 2.32. The molecule has 3 heteroatoms. The Morgan fingerprint density at radius 2 is 2.14 bits per heavy atom. The molecule has 0 aromatic carbocycles. The van der Waals surface area contributed by atoms with E-state index in [1.165, 1.54) is 0 Å². The highest BCUT2D eigenvalue weighted by Crippen LogP contribution is 1.84. The normalized spacial score (nSPS) is 8.71. The largest absolute Gasteiger partial charge is 0.396 e. The first-order valence-electron chi connectivity index (χ1n) is 2.32. The van der Waals surface area contributed by atoms with Crippen LogP contribution in [-0.4, -0.2) is 18.3 Å². The average Bonchev–Trinajstić information content (AvgIpc) is 1.69. The first-order chi connectivity index (χ1) is 3.41. The molecule has 42 valence electrons. The quantitative estimate of drug-likeness (QED) is 0.416. The predicted molar refractivity (Wildman–Crippen MR) is 27.0 cm³/mol. The third kappa shape index (κ3) is 5.56. The maximum absolute atomic E-state index is 9.35. The third-order valence-electron chi connectivity index (χ3n) is 0.658. The minimum Gasteiger partial charge on any atom is -0.396 e. The molecule has 0 bridgehead atoms. The molecule has 0 aliphatic heterocycles. The number of hydrogen-bond acceptors (Lipinski definition) is 3. The van der Waals surface area contributed by atoms with E-state index >= 15 is 0 Å². The number of aliphatic hydroxyl groups is 1. The van der Waals surface area contributed by atoms with Crippen molar-refractivity contribution in [1.82, 2.24) is 0 Å². The van der Waals surface area contributed by atoms with Crippen LogP contribution in [0.3, 0.4) is 0 Å². The fraction of sp³-hybridized carbons (Fsp3) is 1.00. The molecule has 0 fully saturated rings. The number of unbranched alkanes of at least 4 members (excludes halogenated alkanes) is 1. The van der Waals surface area contributed by atoms with Crippen molar-refractivity contribution >= 4 is 0 Å². The Balaban J connectivity index is 2.56. The van der Waals surface area contributed by atoms with Gasteiger partial charge in [0.1, 0.15) is 0 Å². The molecule has 1 N–H and O–H groups in total. The lowest BCUT2D eigenvalue weighted by Gasteiger charge is -1.84. The summed E-state index contributed by atoms with van der Waals surface area (Å²) in [5.74, 6) is 0. The molecule has 0 radical (unpaired) electrons. The van der Waals surface area contributed by atoms with E-state index in [2.05, 4.69) is 5.18 Å². The Morgan fingerprint density at radius 1 is 1.43 bits per heavy atom. The van der Waals surface area contributed by atoms with Gasteiger partial charge in [0, 0.05) is 6.61 Å². The molecule has 0 saturated carbocycles. The Kier molecular flexibility index (Phi) is 5.21. The molecule has 0 aromatic heterocycles. The maximum Gasteiger partial charge on any atom is 0.0812 e. The summed E-state index contributed by atoms with van der Waals surface area (Å²) in [7, 11) is 0. The molecule has 0 rings (SSSR count). The molecule has 0 atom stereocenters. The van der Waals surface area contributed by atoms with E-state index in [1.807, 2.05) is 0 Å². The molecule has 0 saturated heterocycles. The van der Waals surface area contributed by atoms with Crippen LogP contribution in [0, 0.1) is 4.91 Å². The molecule has 3 nitrogen and oxygen atoms in total. The maximum atomic E-state index is 9.35. The summed E-state index contributed by atoms with van der Waals surface area (Å²) in [6.07, 6.45) is 1.39. The monoisotopic (exact) mass is 103 g/mol. The Hall–Kier alpha value is -0.440. The number of nitrogens with zero attached hydrogens (tertiary/aromatic N) is 1. The molecule has 0 aliphatic rings. The lowest BCUT2D eigenvalue weighted by Crippen LogP contribution is -1.83. The van der Waals surface area contributed by atoms with Crippen LogP contribution in [-0.2, 0) is 0 Å². The Morgan fingerprint density at radius 3 is 2.57 bits per heavy atom. The molecule has 0 aliphatic carbocycles. The van der Waals surface area contributed by atoms with E-state index in [4.69, 9.17) is 5.11 Å². The molecule has 0 amide bonds. The lowest BCUT2D eigenvalue weighted by molar-refractivity contribution is 0.285.